The zero-order valence-electron chi connectivity index (χ0n) is 13.6. The van der Waals surface area contributed by atoms with Gasteiger partial charge in [-0.3, -0.25) is 0 Å². The van der Waals surface area contributed by atoms with E-state index in [9.17, 15) is 0 Å². The van der Waals surface area contributed by atoms with Gasteiger partial charge in [-0.2, -0.15) is 0 Å². The third kappa shape index (κ3) is 5.68. The van der Waals surface area contributed by atoms with Gasteiger partial charge in [0.05, 0.1) is 10.7 Å². The predicted molar refractivity (Wildman–Crippen MR) is 88.6 cm³/mol. The SMILES string of the molecule is CCC(C)CN(C)c1ccc(Cl)c(CNC(C)(C)C)n1. The molecule has 1 aromatic heterocycles. The summed E-state index contributed by atoms with van der Waals surface area (Å²) in [4.78, 5) is 6.89. The maximum absolute atomic E-state index is 6.24. The van der Waals surface area contributed by atoms with Crippen LogP contribution in [0.5, 0.6) is 0 Å². The van der Waals surface area contributed by atoms with Crippen molar-refractivity contribution in [3.05, 3.63) is 22.8 Å². The molecular weight excluding hydrogens is 270 g/mol. The number of hydrogen-bond acceptors (Lipinski definition) is 3. The minimum atomic E-state index is 0.0592. The van der Waals surface area contributed by atoms with Crippen molar-refractivity contribution in [2.24, 2.45) is 5.92 Å². The van der Waals surface area contributed by atoms with Crippen LogP contribution in [-0.4, -0.2) is 24.1 Å². The molecule has 4 heteroatoms. The Morgan fingerprint density at radius 3 is 2.55 bits per heavy atom. The fourth-order valence-electron chi connectivity index (χ4n) is 1.85. The number of nitrogens with zero attached hydrogens (tertiary/aromatic N) is 2. The van der Waals surface area contributed by atoms with Gasteiger partial charge in [0.2, 0.25) is 0 Å². The van der Waals surface area contributed by atoms with E-state index in [-0.39, 0.29) is 5.54 Å². The molecule has 0 bridgehead atoms. The number of pyridine rings is 1. The largest absolute Gasteiger partial charge is 0.359 e. The summed E-state index contributed by atoms with van der Waals surface area (Å²) in [7, 11) is 2.09. The fraction of sp³-hybridized carbons (Fsp3) is 0.688. The zero-order chi connectivity index (χ0) is 15.3. The van der Waals surface area contributed by atoms with Gasteiger partial charge in [-0.1, -0.05) is 31.9 Å². The first-order chi connectivity index (χ1) is 9.23. The Labute approximate surface area is 128 Å². The first-order valence-electron chi connectivity index (χ1n) is 7.34. The molecule has 0 aliphatic carbocycles. The highest BCUT2D eigenvalue weighted by atomic mass is 35.5. The van der Waals surface area contributed by atoms with Crippen LogP contribution in [0.2, 0.25) is 5.02 Å². The Hall–Kier alpha value is -0.800. The third-order valence-corrected chi connectivity index (χ3v) is 3.71. The van der Waals surface area contributed by atoms with E-state index in [0.29, 0.717) is 12.5 Å². The summed E-state index contributed by atoms with van der Waals surface area (Å²) in [6.07, 6.45) is 1.18. The summed E-state index contributed by atoms with van der Waals surface area (Å²) in [5.74, 6) is 1.65. The average molecular weight is 298 g/mol. The Balaban J connectivity index is 2.80. The lowest BCUT2D eigenvalue weighted by molar-refractivity contribution is 0.421. The Bertz CT molecular complexity index is 426. The predicted octanol–water partition coefficient (Wildman–Crippen LogP) is 4.11. The van der Waals surface area contributed by atoms with Gasteiger partial charge >= 0.3 is 0 Å². The molecule has 0 amide bonds. The topological polar surface area (TPSA) is 28.2 Å². The van der Waals surface area contributed by atoms with Crippen LogP contribution in [0.25, 0.3) is 0 Å². The molecule has 1 N–H and O–H groups in total. The van der Waals surface area contributed by atoms with Crippen LogP contribution >= 0.6 is 11.6 Å². The highest BCUT2D eigenvalue weighted by molar-refractivity contribution is 6.31. The second-order valence-electron chi connectivity index (χ2n) is 6.60. The number of hydrogen-bond donors (Lipinski definition) is 1. The Morgan fingerprint density at radius 1 is 1.35 bits per heavy atom. The second kappa shape index (κ2) is 7.28. The molecule has 0 fully saturated rings. The minimum Gasteiger partial charge on any atom is -0.359 e. The van der Waals surface area contributed by atoms with Gasteiger partial charge in [0.25, 0.3) is 0 Å². The van der Waals surface area contributed by atoms with Crippen molar-refractivity contribution in [3.8, 4) is 0 Å². The van der Waals surface area contributed by atoms with Gasteiger partial charge in [0.15, 0.2) is 0 Å². The van der Waals surface area contributed by atoms with E-state index in [1.54, 1.807) is 0 Å². The molecule has 114 valence electrons. The molecule has 0 saturated heterocycles. The quantitative estimate of drug-likeness (QED) is 0.856. The monoisotopic (exact) mass is 297 g/mol. The van der Waals surface area contributed by atoms with Crippen molar-refractivity contribution in [2.75, 3.05) is 18.5 Å². The van der Waals surface area contributed by atoms with E-state index in [1.165, 1.54) is 6.42 Å². The summed E-state index contributed by atoms with van der Waals surface area (Å²) >= 11 is 6.24. The van der Waals surface area contributed by atoms with Gasteiger partial charge in [0.1, 0.15) is 5.82 Å². The van der Waals surface area contributed by atoms with Crippen LogP contribution in [0.3, 0.4) is 0 Å². The van der Waals surface area contributed by atoms with Crippen molar-refractivity contribution in [1.82, 2.24) is 10.3 Å². The van der Waals surface area contributed by atoms with Crippen LogP contribution in [0, 0.1) is 5.92 Å². The van der Waals surface area contributed by atoms with Crippen molar-refractivity contribution in [2.45, 2.75) is 53.1 Å². The molecule has 3 nitrogen and oxygen atoms in total. The van der Waals surface area contributed by atoms with E-state index >= 15 is 0 Å². The molecule has 20 heavy (non-hydrogen) atoms. The van der Waals surface area contributed by atoms with Gasteiger partial charge in [0, 0.05) is 25.7 Å². The molecule has 0 aromatic carbocycles. The molecule has 1 aromatic rings. The number of rotatable bonds is 6. The maximum atomic E-state index is 6.24. The third-order valence-electron chi connectivity index (χ3n) is 3.36. The first kappa shape index (κ1) is 17.3. The van der Waals surface area contributed by atoms with Crippen LogP contribution in [-0.2, 0) is 6.54 Å². The van der Waals surface area contributed by atoms with Crippen LogP contribution < -0.4 is 10.2 Å². The lowest BCUT2D eigenvalue weighted by Gasteiger charge is -2.24. The number of halogens is 1. The van der Waals surface area contributed by atoms with Crippen molar-refractivity contribution in [1.29, 1.82) is 0 Å². The van der Waals surface area contributed by atoms with Gasteiger partial charge in [-0.25, -0.2) is 4.98 Å². The molecule has 0 spiro atoms. The lowest BCUT2D eigenvalue weighted by Crippen LogP contribution is -2.35. The maximum Gasteiger partial charge on any atom is 0.128 e. The summed E-state index contributed by atoms with van der Waals surface area (Å²) in [5.41, 5.74) is 0.971. The molecular formula is C16H28ClN3. The highest BCUT2D eigenvalue weighted by Gasteiger charge is 2.13. The number of nitrogens with one attached hydrogen (secondary N) is 1. The highest BCUT2D eigenvalue weighted by Crippen LogP contribution is 2.20. The Kier molecular flexibility index (Phi) is 6.28. The van der Waals surface area contributed by atoms with E-state index in [4.69, 9.17) is 16.6 Å². The molecule has 1 unspecified atom stereocenters. The molecule has 1 heterocycles. The molecule has 0 aliphatic heterocycles. The van der Waals surface area contributed by atoms with Crippen molar-refractivity contribution < 1.29 is 0 Å². The van der Waals surface area contributed by atoms with Crippen LogP contribution in [0.1, 0.15) is 46.7 Å². The lowest BCUT2D eigenvalue weighted by atomic mass is 10.1. The average Bonchev–Trinajstić information content (AvgIpc) is 2.36. The normalized spacial score (nSPS) is 13.3. The van der Waals surface area contributed by atoms with Crippen LogP contribution in [0.4, 0.5) is 5.82 Å². The molecule has 1 atom stereocenters. The van der Waals surface area contributed by atoms with Gasteiger partial charge in [-0.15, -0.1) is 0 Å². The minimum absolute atomic E-state index is 0.0592. The van der Waals surface area contributed by atoms with Crippen molar-refractivity contribution in [3.63, 3.8) is 0 Å². The standard InChI is InChI=1S/C16H28ClN3/c1-7-12(2)11-20(6)15-9-8-13(17)14(19-15)10-18-16(3,4)5/h8-9,12,18H,7,10-11H2,1-6H3. The number of anilines is 1. The molecule has 1 rings (SSSR count). The fourth-order valence-corrected chi connectivity index (χ4v) is 2.02. The summed E-state index contributed by atoms with van der Waals surface area (Å²) in [6, 6.07) is 3.93. The smallest absolute Gasteiger partial charge is 0.128 e. The number of aromatic nitrogens is 1. The summed E-state index contributed by atoms with van der Waals surface area (Å²) in [5, 5.41) is 4.16. The summed E-state index contributed by atoms with van der Waals surface area (Å²) < 4.78 is 0. The summed E-state index contributed by atoms with van der Waals surface area (Å²) in [6.45, 7) is 12.6. The molecule has 0 radical (unpaired) electrons. The first-order valence-corrected chi connectivity index (χ1v) is 7.72. The van der Waals surface area contributed by atoms with Gasteiger partial charge < -0.3 is 10.2 Å². The second-order valence-corrected chi connectivity index (χ2v) is 7.00. The van der Waals surface area contributed by atoms with E-state index in [1.807, 2.05) is 12.1 Å². The molecule has 0 saturated carbocycles. The van der Waals surface area contributed by atoms with Crippen LogP contribution in [0.15, 0.2) is 12.1 Å². The van der Waals surface area contributed by atoms with Gasteiger partial charge in [-0.05, 0) is 38.8 Å². The van der Waals surface area contributed by atoms with Crippen molar-refractivity contribution >= 4 is 17.4 Å². The van der Waals surface area contributed by atoms with E-state index < -0.39 is 0 Å². The Morgan fingerprint density at radius 2 is 2.00 bits per heavy atom. The molecule has 0 aliphatic rings. The van der Waals surface area contributed by atoms with E-state index in [2.05, 4.69) is 51.9 Å². The van der Waals surface area contributed by atoms with E-state index in [0.717, 1.165) is 23.1 Å². The zero-order valence-corrected chi connectivity index (χ0v) is 14.4.